The fraction of sp³-hybridized carbons (Fsp3) is 0.778. The van der Waals surface area contributed by atoms with Crippen LogP contribution in [-0.4, -0.2) is 83.3 Å². The van der Waals surface area contributed by atoms with Crippen molar-refractivity contribution in [3.8, 4) is 0 Å². The molecule has 0 aromatic heterocycles. The van der Waals surface area contributed by atoms with Crippen molar-refractivity contribution < 1.29 is 28.7 Å². The summed E-state index contributed by atoms with van der Waals surface area (Å²) in [6.07, 6.45) is -2.60. The quantitative estimate of drug-likeness (QED) is 0.322. The fourth-order valence-electron chi connectivity index (χ4n) is 6.22. The van der Waals surface area contributed by atoms with Gasteiger partial charge in [-0.15, -0.1) is 0 Å². The largest absolute Gasteiger partial charge is 0.371 e. The smallest absolute Gasteiger partial charge is 0.237 e. The molecule has 4 bridgehead atoms. The van der Waals surface area contributed by atoms with Gasteiger partial charge >= 0.3 is 0 Å². The maximum Gasteiger partial charge on any atom is 0.237 e. The minimum atomic E-state index is -0.967. The third kappa shape index (κ3) is 2.24. The average Bonchev–Trinajstić information content (AvgIpc) is 3.48. The topological polar surface area (TPSA) is 93.2 Å². The van der Waals surface area contributed by atoms with E-state index in [0.717, 1.165) is 9.80 Å². The van der Waals surface area contributed by atoms with E-state index in [1.165, 1.54) is 0 Å². The van der Waals surface area contributed by atoms with Crippen LogP contribution in [0.5, 0.6) is 0 Å². The molecule has 12 unspecified atom stereocenters. The molecule has 6 heterocycles. The SMILES string of the molecule is CC(N1C(=O)C2C3OC(C(Br)C3Br)C2C1=O)N1C(=O)C2C3OC(C(Br)C3Br)C2C1=O. The number of hydrogen-bond donors (Lipinski definition) is 0. The van der Waals surface area contributed by atoms with E-state index < -0.39 is 54.3 Å². The summed E-state index contributed by atoms with van der Waals surface area (Å²) in [5.74, 6) is -3.85. The van der Waals surface area contributed by atoms with Crippen molar-refractivity contribution in [2.45, 2.75) is 56.8 Å². The maximum atomic E-state index is 13.2. The molecule has 4 amide bonds. The van der Waals surface area contributed by atoms with E-state index >= 15 is 0 Å². The Hall–Kier alpha value is 0.120. The zero-order valence-corrected chi connectivity index (χ0v) is 21.7. The van der Waals surface area contributed by atoms with Crippen LogP contribution in [0.1, 0.15) is 6.92 Å². The van der Waals surface area contributed by atoms with Crippen molar-refractivity contribution in [1.29, 1.82) is 0 Å². The third-order valence-electron chi connectivity index (χ3n) is 7.52. The molecule has 0 radical (unpaired) electrons. The second kappa shape index (κ2) is 6.59. The summed E-state index contributed by atoms with van der Waals surface area (Å²) >= 11 is 14.2. The first-order chi connectivity index (χ1) is 14.2. The first-order valence-corrected chi connectivity index (χ1v) is 13.4. The molecule has 0 aromatic carbocycles. The highest BCUT2D eigenvalue weighted by Gasteiger charge is 2.72. The van der Waals surface area contributed by atoms with E-state index in [-0.39, 0.29) is 42.9 Å². The lowest BCUT2D eigenvalue weighted by Gasteiger charge is -2.31. The summed E-state index contributed by atoms with van der Waals surface area (Å²) in [7, 11) is 0. The van der Waals surface area contributed by atoms with Gasteiger partial charge in [0.25, 0.3) is 0 Å². The number of halogens is 4. The number of amides is 4. The van der Waals surface area contributed by atoms with E-state index in [4.69, 9.17) is 9.47 Å². The van der Waals surface area contributed by atoms with Crippen LogP contribution in [0.4, 0.5) is 0 Å². The van der Waals surface area contributed by atoms with E-state index in [1.54, 1.807) is 6.92 Å². The minimum Gasteiger partial charge on any atom is -0.371 e. The number of nitrogens with zero attached hydrogens (tertiary/aromatic N) is 2. The first-order valence-electron chi connectivity index (χ1n) is 9.78. The van der Waals surface area contributed by atoms with Crippen LogP contribution < -0.4 is 0 Å². The van der Waals surface area contributed by atoms with E-state index in [0.29, 0.717) is 0 Å². The van der Waals surface area contributed by atoms with Crippen molar-refractivity contribution >= 4 is 87.3 Å². The lowest BCUT2D eigenvalue weighted by atomic mass is 9.81. The van der Waals surface area contributed by atoms with Gasteiger partial charge in [0.15, 0.2) is 0 Å². The molecule has 6 saturated heterocycles. The summed E-state index contributed by atoms with van der Waals surface area (Å²) in [6, 6.07) is 0. The van der Waals surface area contributed by atoms with Crippen LogP contribution in [0.15, 0.2) is 0 Å². The van der Waals surface area contributed by atoms with E-state index in [2.05, 4.69) is 63.7 Å². The molecule has 30 heavy (non-hydrogen) atoms. The van der Waals surface area contributed by atoms with Crippen LogP contribution in [-0.2, 0) is 28.7 Å². The van der Waals surface area contributed by atoms with Gasteiger partial charge < -0.3 is 9.47 Å². The number of imide groups is 2. The Morgan fingerprint density at radius 2 is 0.833 bits per heavy atom. The Morgan fingerprint density at radius 3 is 1.07 bits per heavy atom. The molecule has 12 atom stereocenters. The Balaban J connectivity index is 1.30. The molecule has 12 heteroatoms. The van der Waals surface area contributed by atoms with Crippen molar-refractivity contribution in [2.24, 2.45) is 23.7 Å². The Morgan fingerprint density at radius 1 is 0.600 bits per heavy atom. The highest BCUT2D eigenvalue weighted by molar-refractivity contribution is 9.12. The monoisotopic (exact) mass is 672 g/mol. The average molecular weight is 676 g/mol. The second-order valence-corrected chi connectivity index (χ2v) is 13.0. The van der Waals surface area contributed by atoms with Gasteiger partial charge in [-0.05, 0) is 6.92 Å². The van der Waals surface area contributed by atoms with Crippen molar-refractivity contribution in [3.05, 3.63) is 0 Å². The van der Waals surface area contributed by atoms with Crippen LogP contribution in [0.2, 0.25) is 0 Å². The number of fused-ring (bicyclic) bond motifs is 10. The zero-order chi connectivity index (χ0) is 21.4. The van der Waals surface area contributed by atoms with E-state index in [1.807, 2.05) is 0 Å². The third-order valence-corrected chi connectivity index (χ3v) is 13.3. The molecule has 8 nitrogen and oxygen atoms in total. The number of carbonyl (C=O) groups is 4. The number of alkyl halides is 4. The van der Waals surface area contributed by atoms with Crippen LogP contribution in [0.3, 0.4) is 0 Å². The molecule has 6 fully saturated rings. The van der Waals surface area contributed by atoms with Gasteiger partial charge in [-0.3, -0.25) is 29.0 Å². The maximum absolute atomic E-state index is 13.2. The molecule has 6 rings (SSSR count). The Bertz CT molecular complexity index is 770. The van der Waals surface area contributed by atoms with Crippen LogP contribution in [0.25, 0.3) is 0 Å². The van der Waals surface area contributed by atoms with Crippen LogP contribution in [0, 0.1) is 23.7 Å². The summed E-state index contributed by atoms with van der Waals surface area (Å²) in [5.41, 5.74) is 0. The van der Waals surface area contributed by atoms with E-state index in [9.17, 15) is 19.2 Å². The standard InChI is InChI=1S/C18H16Br4N2O6/c1-2(23-15(25)3-4(16(23)26)12-8(20)7(19)11(3)29-12)24-17(27)5-6(18(24)28)14-10(22)9(21)13(5)30-14/h2-14H,1H3. The summed E-state index contributed by atoms with van der Waals surface area (Å²) in [6.45, 7) is 1.58. The fourth-order valence-corrected chi connectivity index (χ4v) is 9.24. The molecular formula is C18H16Br4N2O6. The Labute approximate surface area is 205 Å². The molecule has 0 spiro atoms. The van der Waals surface area contributed by atoms with Gasteiger partial charge in [-0.1, -0.05) is 63.7 Å². The minimum absolute atomic E-state index is 0.0790. The molecule has 0 N–H and O–H groups in total. The van der Waals surface area contributed by atoms with Gasteiger partial charge in [0.05, 0.1) is 67.4 Å². The van der Waals surface area contributed by atoms with Crippen molar-refractivity contribution in [1.82, 2.24) is 9.80 Å². The normalized spacial score (nSPS) is 54.6. The summed E-state index contributed by atoms with van der Waals surface area (Å²) in [4.78, 5) is 54.9. The van der Waals surface area contributed by atoms with Gasteiger partial charge in [0.2, 0.25) is 23.6 Å². The van der Waals surface area contributed by atoms with Gasteiger partial charge in [0, 0.05) is 0 Å². The van der Waals surface area contributed by atoms with Crippen LogP contribution >= 0.6 is 63.7 Å². The predicted molar refractivity (Wildman–Crippen MR) is 115 cm³/mol. The molecular weight excluding hydrogens is 660 g/mol. The molecule has 0 aliphatic carbocycles. The molecule has 0 saturated carbocycles. The Kier molecular flexibility index (Phi) is 4.55. The van der Waals surface area contributed by atoms with Crippen molar-refractivity contribution in [3.63, 3.8) is 0 Å². The number of hydrogen-bond acceptors (Lipinski definition) is 6. The van der Waals surface area contributed by atoms with Gasteiger partial charge in [-0.2, -0.15) is 0 Å². The summed E-state index contributed by atoms with van der Waals surface area (Å²) < 4.78 is 11.8. The number of ether oxygens (including phenoxy) is 2. The first kappa shape index (κ1) is 20.7. The zero-order valence-electron chi connectivity index (χ0n) is 15.4. The molecule has 0 aromatic rings. The summed E-state index contributed by atoms with van der Waals surface area (Å²) in [5, 5.41) is 0. The van der Waals surface area contributed by atoms with Gasteiger partial charge in [-0.25, -0.2) is 0 Å². The number of carbonyl (C=O) groups excluding carboxylic acids is 4. The highest BCUT2D eigenvalue weighted by atomic mass is 79.9. The highest BCUT2D eigenvalue weighted by Crippen LogP contribution is 2.55. The van der Waals surface area contributed by atoms with Crippen molar-refractivity contribution in [2.75, 3.05) is 0 Å². The predicted octanol–water partition coefficient (Wildman–Crippen LogP) is 1.15. The number of rotatable bonds is 2. The molecule has 6 aliphatic heterocycles. The lowest BCUT2D eigenvalue weighted by Crippen LogP contribution is -2.53. The lowest BCUT2D eigenvalue weighted by molar-refractivity contribution is -0.157. The number of likely N-dealkylation sites (tertiary alicyclic amines) is 2. The molecule has 6 aliphatic rings. The molecule has 162 valence electrons. The second-order valence-electron chi connectivity index (χ2n) is 8.74. The van der Waals surface area contributed by atoms with Gasteiger partial charge in [0.1, 0.15) is 6.17 Å².